The van der Waals surface area contributed by atoms with Crippen molar-refractivity contribution in [1.29, 1.82) is 5.26 Å². The summed E-state index contributed by atoms with van der Waals surface area (Å²) in [5, 5.41) is 12.2. The molecule has 0 atom stereocenters. The van der Waals surface area contributed by atoms with Gasteiger partial charge in [0.2, 0.25) is 0 Å². The molecule has 0 saturated carbocycles. The lowest BCUT2D eigenvalue weighted by Crippen LogP contribution is -2.24. The van der Waals surface area contributed by atoms with Gasteiger partial charge in [0.25, 0.3) is 0 Å². The van der Waals surface area contributed by atoms with Crippen molar-refractivity contribution >= 4 is 0 Å². The van der Waals surface area contributed by atoms with Crippen LogP contribution in [0.15, 0.2) is 30.6 Å². The van der Waals surface area contributed by atoms with Gasteiger partial charge >= 0.3 is 0 Å². The first-order valence-electron chi connectivity index (χ1n) is 6.51. The fourth-order valence-electron chi connectivity index (χ4n) is 1.95. The summed E-state index contributed by atoms with van der Waals surface area (Å²) in [5.41, 5.74) is 1.09. The summed E-state index contributed by atoms with van der Waals surface area (Å²) < 4.78 is 15.4. The molecule has 2 rings (SSSR count). The third-order valence-corrected chi connectivity index (χ3v) is 2.91. The van der Waals surface area contributed by atoms with Crippen molar-refractivity contribution in [2.45, 2.75) is 33.0 Å². The zero-order chi connectivity index (χ0) is 14.5. The molecule has 0 bridgehead atoms. The van der Waals surface area contributed by atoms with Gasteiger partial charge in [-0.1, -0.05) is 13.8 Å². The van der Waals surface area contributed by atoms with Crippen LogP contribution in [0.1, 0.15) is 30.8 Å². The Balaban J connectivity index is 2.16. The van der Waals surface area contributed by atoms with Crippen LogP contribution in [0.3, 0.4) is 0 Å². The summed E-state index contributed by atoms with van der Waals surface area (Å²) >= 11 is 0. The van der Waals surface area contributed by atoms with E-state index in [9.17, 15) is 4.39 Å². The number of halogens is 1. The minimum absolute atomic E-state index is 0.335. The van der Waals surface area contributed by atoms with E-state index in [4.69, 9.17) is 5.26 Å². The minimum atomic E-state index is -0.388. The van der Waals surface area contributed by atoms with Crippen molar-refractivity contribution in [3.05, 3.63) is 53.4 Å². The van der Waals surface area contributed by atoms with Gasteiger partial charge in [-0.15, -0.1) is 0 Å². The second-order valence-electron chi connectivity index (χ2n) is 4.97. The summed E-state index contributed by atoms with van der Waals surface area (Å²) in [6, 6.07) is 6.72. The summed E-state index contributed by atoms with van der Waals surface area (Å²) in [6.45, 7) is 5.30. The maximum atomic E-state index is 13.4. The molecular weight excluding hydrogens is 255 g/mol. The van der Waals surface area contributed by atoms with Crippen molar-refractivity contribution in [2.24, 2.45) is 0 Å². The van der Waals surface area contributed by atoms with Crippen LogP contribution in [0, 0.1) is 17.1 Å². The highest BCUT2D eigenvalue weighted by atomic mass is 19.1. The highest BCUT2D eigenvalue weighted by Gasteiger charge is 2.06. The van der Waals surface area contributed by atoms with E-state index in [1.165, 1.54) is 12.1 Å². The largest absolute Gasteiger partial charge is 0.329 e. The third-order valence-electron chi connectivity index (χ3n) is 2.91. The quantitative estimate of drug-likeness (QED) is 0.909. The van der Waals surface area contributed by atoms with E-state index < -0.39 is 0 Å². The molecule has 0 saturated heterocycles. The van der Waals surface area contributed by atoms with Gasteiger partial charge in [0.1, 0.15) is 11.6 Å². The van der Waals surface area contributed by atoms with Crippen molar-refractivity contribution in [2.75, 3.05) is 0 Å². The molecule has 1 aromatic carbocycles. The summed E-state index contributed by atoms with van der Waals surface area (Å²) in [5.74, 6) is 0.502. The lowest BCUT2D eigenvalue weighted by Gasteiger charge is -2.11. The average molecular weight is 272 g/mol. The second kappa shape index (κ2) is 6.31. The maximum Gasteiger partial charge on any atom is 0.124 e. The van der Waals surface area contributed by atoms with Crippen LogP contribution in [0.4, 0.5) is 4.39 Å². The lowest BCUT2D eigenvalue weighted by atomic mass is 10.1. The van der Waals surface area contributed by atoms with Gasteiger partial charge in [0, 0.05) is 25.0 Å². The molecule has 0 amide bonds. The van der Waals surface area contributed by atoms with E-state index in [1.54, 1.807) is 12.3 Å². The van der Waals surface area contributed by atoms with Crippen molar-refractivity contribution in [3.8, 4) is 6.07 Å². The molecule has 0 fully saturated rings. The Morgan fingerprint density at radius 3 is 2.90 bits per heavy atom. The summed E-state index contributed by atoms with van der Waals surface area (Å²) in [7, 11) is 0. The van der Waals surface area contributed by atoms with E-state index in [0.29, 0.717) is 24.7 Å². The Hall–Kier alpha value is -2.19. The predicted molar refractivity (Wildman–Crippen MR) is 74.4 cm³/mol. The number of imidazole rings is 1. The number of hydrogen-bond acceptors (Lipinski definition) is 3. The zero-order valence-electron chi connectivity index (χ0n) is 11.6. The van der Waals surface area contributed by atoms with Crippen LogP contribution in [0.25, 0.3) is 0 Å². The number of nitrogens with one attached hydrogen (secondary N) is 1. The number of benzene rings is 1. The molecule has 0 aliphatic rings. The molecule has 0 aliphatic heterocycles. The topological polar surface area (TPSA) is 53.6 Å². The van der Waals surface area contributed by atoms with Crippen LogP contribution in [-0.2, 0) is 13.1 Å². The van der Waals surface area contributed by atoms with Crippen LogP contribution in [0.5, 0.6) is 0 Å². The van der Waals surface area contributed by atoms with E-state index in [0.717, 1.165) is 11.4 Å². The van der Waals surface area contributed by atoms with Crippen LogP contribution in [0.2, 0.25) is 0 Å². The molecule has 1 N–H and O–H groups in total. The lowest BCUT2D eigenvalue weighted by molar-refractivity contribution is 0.554. The molecule has 0 unspecified atom stereocenters. The Kier molecular flexibility index (Phi) is 4.49. The van der Waals surface area contributed by atoms with E-state index in [2.05, 4.69) is 24.1 Å². The SMILES string of the molecule is CC(C)NCc1nccn1Cc1cc(F)cc(C#N)c1. The fraction of sp³-hybridized carbons (Fsp3) is 0.333. The molecule has 1 heterocycles. The van der Waals surface area contributed by atoms with Crippen molar-refractivity contribution < 1.29 is 4.39 Å². The standard InChI is InChI=1S/C15H17FN4/c1-11(2)19-9-15-18-3-4-20(15)10-13-5-12(8-17)6-14(16)7-13/h3-7,11,19H,9-10H2,1-2H3. The van der Waals surface area contributed by atoms with Gasteiger partial charge in [-0.05, 0) is 23.8 Å². The first-order chi connectivity index (χ1) is 9.58. The maximum absolute atomic E-state index is 13.4. The van der Waals surface area contributed by atoms with Crippen LogP contribution >= 0.6 is 0 Å². The Morgan fingerprint density at radius 2 is 2.20 bits per heavy atom. The van der Waals surface area contributed by atoms with E-state index >= 15 is 0 Å². The van der Waals surface area contributed by atoms with Crippen molar-refractivity contribution in [1.82, 2.24) is 14.9 Å². The molecule has 0 spiro atoms. The van der Waals surface area contributed by atoms with Crippen LogP contribution < -0.4 is 5.32 Å². The molecule has 0 radical (unpaired) electrons. The number of hydrogen-bond donors (Lipinski definition) is 1. The Labute approximate surface area is 117 Å². The molecule has 104 valence electrons. The molecule has 2 aromatic rings. The van der Waals surface area contributed by atoms with E-state index in [-0.39, 0.29) is 5.82 Å². The van der Waals surface area contributed by atoms with E-state index in [1.807, 2.05) is 16.8 Å². The monoisotopic (exact) mass is 272 g/mol. The van der Waals surface area contributed by atoms with Gasteiger partial charge in [-0.3, -0.25) is 0 Å². The number of nitriles is 1. The molecule has 1 aromatic heterocycles. The van der Waals surface area contributed by atoms with Gasteiger partial charge < -0.3 is 9.88 Å². The normalized spacial score (nSPS) is 10.8. The highest BCUT2D eigenvalue weighted by Crippen LogP contribution is 2.11. The first-order valence-corrected chi connectivity index (χ1v) is 6.51. The number of aromatic nitrogens is 2. The molecule has 0 aliphatic carbocycles. The summed E-state index contributed by atoms with van der Waals surface area (Å²) in [4.78, 5) is 4.29. The second-order valence-corrected chi connectivity index (χ2v) is 4.97. The minimum Gasteiger partial charge on any atom is -0.329 e. The number of rotatable bonds is 5. The summed E-state index contributed by atoms with van der Waals surface area (Å²) in [6.07, 6.45) is 3.58. The molecule has 4 nitrogen and oxygen atoms in total. The van der Waals surface area contributed by atoms with Gasteiger partial charge in [-0.25, -0.2) is 9.37 Å². The Bertz CT molecular complexity index is 625. The smallest absolute Gasteiger partial charge is 0.124 e. The zero-order valence-corrected chi connectivity index (χ0v) is 11.6. The van der Waals surface area contributed by atoms with Crippen LogP contribution in [-0.4, -0.2) is 15.6 Å². The molecule has 20 heavy (non-hydrogen) atoms. The first kappa shape index (κ1) is 14.2. The molecule has 5 heteroatoms. The third kappa shape index (κ3) is 3.65. The molecular formula is C15H17FN4. The van der Waals surface area contributed by atoms with Gasteiger partial charge in [0.05, 0.1) is 18.2 Å². The highest BCUT2D eigenvalue weighted by molar-refractivity contribution is 5.33. The Morgan fingerprint density at radius 1 is 1.40 bits per heavy atom. The predicted octanol–water partition coefficient (Wildman–Crippen LogP) is 2.44. The van der Waals surface area contributed by atoms with Gasteiger partial charge in [-0.2, -0.15) is 5.26 Å². The average Bonchev–Trinajstić information content (AvgIpc) is 2.83. The van der Waals surface area contributed by atoms with Gasteiger partial charge in [0.15, 0.2) is 0 Å². The fourth-order valence-corrected chi connectivity index (χ4v) is 1.95. The number of nitrogens with zero attached hydrogens (tertiary/aromatic N) is 3. The van der Waals surface area contributed by atoms with Crippen molar-refractivity contribution in [3.63, 3.8) is 0 Å².